The molecule has 1 N–H and O–H groups in total. The molecule has 0 heterocycles. The Balaban J connectivity index is 1.94. The molecule has 3 heteroatoms. The third-order valence-electron chi connectivity index (χ3n) is 3.89. The van der Waals surface area contributed by atoms with Crippen LogP contribution in [0.15, 0.2) is 0 Å². The van der Waals surface area contributed by atoms with Crippen LogP contribution >= 0.6 is 15.9 Å². The smallest absolute Gasteiger partial charge is 0.220 e. The van der Waals surface area contributed by atoms with Crippen LogP contribution < -0.4 is 5.32 Å². The number of amides is 1. The van der Waals surface area contributed by atoms with E-state index in [4.69, 9.17) is 0 Å². The van der Waals surface area contributed by atoms with Crippen molar-refractivity contribution in [1.82, 2.24) is 5.32 Å². The summed E-state index contributed by atoms with van der Waals surface area (Å²) < 4.78 is 0. The Bertz CT molecular complexity index is 233. The number of hydrogen-bond acceptors (Lipinski definition) is 1. The average molecular weight is 318 g/mol. The molecule has 1 aliphatic carbocycles. The third-order valence-corrected chi connectivity index (χ3v) is 5.09. The van der Waals surface area contributed by atoms with Crippen LogP contribution in [-0.4, -0.2) is 17.3 Å². The van der Waals surface area contributed by atoms with E-state index in [0.717, 1.165) is 13.0 Å². The van der Waals surface area contributed by atoms with Crippen molar-refractivity contribution in [1.29, 1.82) is 0 Å². The number of unbranched alkanes of at least 4 members (excludes halogenated alkanes) is 5. The highest BCUT2D eigenvalue weighted by atomic mass is 79.9. The molecule has 0 saturated heterocycles. The lowest BCUT2D eigenvalue weighted by Crippen LogP contribution is -2.30. The molecule has 0 spiro atoms. The van der Waals surface area contributed by atoms with Gasteiger partial charge in [-0.1, -0.05) is 61.4 Å². The molecule has 0 aromatic rings. The fourth-order valence-electron chi connectivity index (χ4n) is 2.62. The van der Waals surface area contributed by atoms with Gasteiger partial charge in [0.2, 0.25) is 5.91 Å². The molecule has 106 valence electrons. The molecule has 2 nitrogen and oxygen atoms in total. The van der Waals surface area contributed by atoms with E-state index in [1.165, 1.54) is 51.4 Å². The number of hydrogen-bond donors (Lipinski definition) is 1. The third kappa shape index (κ3) is 6.77. The van der Waals surface area contributed by atoms with Crippen LogP contribution in [-0.2, 0) is 4.79 Å². The predicted octanol–water partition coefficient (Wildman–Crippen LogP) is 4.42. The van der Waals surface area contributed by atoms with Crippen LogP contribution in [0.5, 0.6) is 0 Å². The molecule has 0 aromatic heterocycles. The highest BCUT2D eigenvalue weighted by Gasteiger charge is 2.24. The first kappa shape index (κ1) is 16.0. The first-order chi connectivity index (χ1) is 8.74. The topological polar surface area (TPSA) is 29.1 Å². The van der Waals surface area contributed by atoms with Crippen molar-refractivity contribution < 1.29 is 4.79 Å². The Hall–Kier alpha value is -0.0500. The number of rotatable bonds is 9. The maximum atomic E-state index is 11.7. The van der Waals surface area contributed by atoms with E-state index in [1.807, 2.05) is 0 Å². The Morgan fingerprint density at radius 2 is 1.89 bits per heavy atom. The molecule has 1 rings (SSSR count). The summed E-state index contributed by atoms with van der Waals surface area (Å²) in [5.74, 6) is 0.899. The van der Waals surface area contributed by atoms with Crippen LogP contribution in [0.25, 0.3) is 0 Å². The number of nitrogens with one attached hydrogen (secondary N) is 1. The fourth-order valence-corrected chi connectivity index (χ4v) is 3.40. The lowest BCUT2D eigenvalue weighted by Gasteiger charge is -2.14. The quantitative estimate of drug-likeness (QED) is 0.495. The van der Waals surface area contributed by atoms with Gasteiger partial charge < -0.3 is 5.32 Å². The largest absolute Gasteiger partial charge is 0.356 e. The maximum absolute atomic E-state index is 11.7. The summed E-state index contributed by atoms with van der Waals surface area (Å²) >= 11 is 3.69. The summed E-state index contributed by atoms with van der Waals surface area (Å²) in [6, 6.07) is 0. The van der Waals surface area contributed by atoms with Crippen molar-refractivity contribution in [3.05, 3.63) is 0 Å². The number of carbonyl (C=O) groups is 1. The molecule has 18 heavy (non-hydrogen) atoms. The first-order valence-corrected chi connectivity index (χ1v) is 8.56. The minimum Gasteiger partial charge on any atom is -0.356 e. The molecule has 0 bridgehead atoms. The monoisotopic (exact) mass is 317 g/mol. The van der Waals surface area contributed by atoms with Crippen LogP contribution in [0, 0.1) is 5.92 Å². The number of halogens is 1. The van der Waals surface area contributed by atoms with E-state index in [9.17, 15) is 4.79 Å². The second-order valence-corrected chi connectivity index (χ2v) is 6.70. The predicted molar refractivity (Wildman–Crippen MR) is 81.1 cm³/mol. The van der Waals surface area contributed by atoms with Gasteiger partial charge >= 0.3 is 0 Å². The van der Waals surface area contributed by atoms with Crippen molar-refractivity contribution in [3.8, 4) is 0 Å². The van der Waals surface area contributed by atoms with E-state index in [0.29, 0.717) is 17.2 Å². The first-order valence-electron chi connectivity index (χ1n) is 7.64. The van der Waals surface area contributed by atoms with Gasteiger partial charge in [-0.25, -0.2) is 0 Å². The molecular weight excluding hydrogens is 290 g/mol. The van der Waals surface area contributed by atoms with Gasteiger partial charge in [-0.15, -0.1) is 0 Å². The summed E-state index contributed by atoms with van der Waals surface area (Å²) in [4.78, 5) is 12.3. The molecule has 0 aliphatic heterocycles. The summed E-state index contributed by atoms with van der Waals surface area (Å²) in [7, 11) is 0. The lowest BCUT2D eigenvalue weighted by atomic mass is 10.1. The number of alkyl halides is 1. The van der Waals surface area contributed by atoms with Gasteiger partial charge in [0.1, 0.15) is 0 Å². The zero-order chi connectivity index (χ0) is 13.2. The maximum Gasteiger partial charge on any atom is 0.220 e. The average Bonchev–Trinajstić information content (AvgIpc) is 2.77. The van der Waals surface area contributed by atoms with Crippen molar-refractivity contribution in [2.24, 2.45) is 5.92 Å². The Kier molecular flexibility index (Phi) is 8.74. The Morgan fingerprint density at radius 3 is 2.56 bits per heavy atom. The van der Waals surface area contributed by atoms with Gasteiger partial charge in [0, 0.05) is 17.8 Å². The van der Waals surface area contributed by atoms with Gasteiger partial charge in [0.05, 0.1) is 0 Å². The fraction of sp³-hybridized carbons (Fsp3) is 0.933. The highest BCUT2D eigenvalue weighted by molar-refractivity contribution is 9.09. The standard InChI is InChI=1S/C15H28BrNO/c1-2-3-4-5-6-7-11-15(18)17-12-13-9-8-10-14(13)16/h13-14H,2-12H2,1H3,(H,17,18). The zero-order valence-electron chi connectivity index (χ0n) is 11.7. The van der Waals surface area contributed by atoms with E-state index in [1.54, 1.807) is 0 Å². The van der Waals surface area contributed by atoms with Gasteiger partial charge in [-0.2, -0.15) is 0 Å². The van der Waals surface area contributed by atoms with Crippen molar-refractivity contribution in [2.45, 2.75) is 76.0 Å². The minimum absolute atomic E-state index is 0.247. The van der Waals surface area contributed by atoms with Crippen molar-refractivity contribution >= 4 is 21.8 Å². The molecule has 0 aromatic carbocycles. The van der Waals surface area contributed by atoms with E-state index in [-0.39, 0.29) is 5.91 Å². The second kappa shape index (κ2) is 9.82. The van der Waals surface area contributed by atoms with Crippen molar-refractivity contribution in [2.75, 3.05) is 6.54 Å². The van der Waals surface area contributed by atoms with E-state index < -0.39 is 0 Å². The van der Waals surface area contributed by atoms with Crippen LogP contribution in [0.2, 0.25) is 0 Å². The highest BCUT2D eigenvalue weighted by Crippen LogP contribution is 2.30. The Labute approximate surface area is 120 Å². The molecular formula is C15H28BrNO. The SMILES string of the molecule is CCCCCCCCC(=O)NCC1CCCC1Br. The van der Waals surface area contributed by atoms with Crippen LogP contribution in [0.1, 0.15) is 71.1 Å². The Morgan fingerprint density at radius 1 is 1.17 bits per heavy atom. The molecule has 2 atom stereocenters. The molecule has 2 unspecified atom stereocenters. The molecule has 1 saturated carbocycles. The molecule has 1 aliphatic rings. The molecule has 1 amide bonds. The summed E-state index contributed by atoms with van der Waals surface area (Å²) in [6.07, 6.45) is 12.0. The zero-order valence-corrected chi connectivity index (χ0v) is 13.3. The van der Waals surface area contributed by atoms with Crippen molar-refractivity contribution in [3.63, 3.8) is 0 Å². The second-order valence-electron chi connectivity index (χ2n) is 5.53. The molecule has 1 fully saturated rings. The van der Waals surface area contributed by atoms with Gasteiger partial charge in [0.15, 0.2) is 0 Å². The van der Waals surface area contributed by atoms with E-state index >= 15 is 0 Å². The summed E-state index contributed by atoms with van der Waals surface area (Å²) in [6.45, 7) is 3.10. The van der Waals surface area contributed by atoms with Gasteiger partial charge in [-0.3, -0.25) is 4.79 Å². The molecule has 0 radical (unpaired) electrons. The van der Waals surface area contributed by atoms with Gasteiger partial charge in [-0.05, 0) is 25.2 Å². The minimum atomic E-state index is 0.247. The normalized spacial score (nSPS) is 23.2. The van der Waals surface area contributed by atoms with Crippen LogP contribution in [0.3, 0.4) is 0 Å². The number of carbonyl (C=O) groups excluding carboxylic acids is 1. The summed E-state index contributed by atoms with van der Waals surface area (Å²) in [5.41, 5.74) is 0. The summed E-state index contributed by atoms with van der Waals surface area (Å²) in [5, 5.41) is 3.09. The van der Waals surface area contributed by atoms with Gasteiger partial charge in [0.25, 0.3) is 0 Å². The van der Waals surface area contributed by atoms with E-state index in [2.05, 4.69) is 28.2 Å². The lowest BCUT2D eigenvalue weighted by molar-refractivity contribution is -0.121. The van der Waals surface area contributed by atoms with Crippen LogP contribution in [0.4, 0.5) is 0 Å².